The summed E-state index contributed by atoms with van der Waals surface area (Å²) in [5, 5.41) is 11.2. The summed E-state index contributed by atoms with van der Waals surface area (Å²) in [6.07, 6.45) is 0. The van der Waals surface area contributed by atoms with E-state index in [9.17, 15) is 14.4 Å². The molecule has 0 aliphatic carbocycles. The van der Waals surface area contributed by atoms with E-state index in [-0.39, 0.29) is 5.56 Å². The summed E-state index contributed by atoms with van der Waals surface area (Å²) in [6, 6.07) is 13.0. The Bertz CT molecular complexity index is 1070. The number of methoxy groups -OCH3 is 2. The number of rotatable bonds is 12. The molecule has 0 aliphatic rings. The van der Waals surface area contributed by atoms with Gasteiger partial charge in [-0.15, -0.1) is 0 Å². The van der Waals surface area contributed by atoms with Gasteiger partial charge in [-0.1, -0.05) is 24.0 Å². The van der Waals surface area contributed by atoms with E-state index in [1.807, 2.05) is 24.3 Å². The molecule has 37 heavy (non-hydrogen) atoms. The largest absolute Gasteiger partial charge is 0.383 e. The van der Waals surface area contributed by atoms with Crippen LogP contribution in [0.5, 0.6) is 0 Å². The van der Waals surface area contributed by atoms with Gasteiger partial charge in [-0.05, 0) is 42.0 Å². The second-order valence-electron chi connectivity index (χ2n) is 8.19. The third kappa shape index (κ3) is 9.00. The number of likely N-dealkylation sites (N-methyl/N-ethyl adjacent to an activating group) is 2. The molecule has 0 aromatic heterocycles. The fourth-order valence-electron chi connectivity index (χ4n) is 3.49. The van der Waals surface area contributed by atoms with Crippen LogP contribution in [0.1, 0.15) is 27.0 Å². The predicted molar refractivity (Wildman–Crippen MR) is 138 cm³/mol. The zero-order valence-corrected chi connectivity index (χ0v) is 21.6. The summed E-state index contributed by atoms with van der Waals surface area (Å²) < 4.78 is 10.4. The molecule has 0 fully saturated rings. The van der Waals surface area contributed by atoms with E-state index in [0.29, 0.717) is 18.8 Å². The molecule has 3 N–H and O–H groups in total. The van der Waals surface area contributed by atoms with Crippen molar-refractivity contribution in [2.24, 2.45) is 0 Å². The van der Waals surface area contributed by atoms with Gasteiger partial charge < -0.3 is 19.7 Å². The number of carbonyl (C=O) groups excluding carboxylic acids is 3. The minimum Gasteiger partial charge on any atom is -0.383 e. The van der Waals surface area contributed by atoms with Crippen LogP contribution in [0.3, 0.4) is 0 Å². The third-order valence-electron chi connectivity index (χ3n) is 5.63. The Morgan fingerprint density at radius 2 is 1.41 bits per heavy atom. The van der Waals surface area contributed by atoms with Crippen LogP contribution in [0.2, 0.25) is 0 Å². The van der Waals surface area contributed by atoms with E-state index in [2.05, 4.69) is 22.1 Å². The van der Waals surface area contributed by atoms with Crippen LogP contribution < -0.4 is 10.8 Å². The first-order valence-corrected chi connectivity index (χ1v) is 11.7. The molecular weight excluding hydrogens is 476 g/mol. The summed E-state index contributed by atoms with van der Waals surface area (Å²) in [4.78, 5) is 39.9. The van der Waals surface area contributed by atoms with E-state index in [0.717, 1.165) is 35.7 Å². The minimum absolute atomic E-state index is 0.267. The molecule has 10 nitrogen and oxygen atoms in total. The highest BCUT2D eigenvalue weighted by Crippen LogP contribution is 2.11. The summed E-state index contributed by atoms with van der Waals surface area (Å²) in [6.45, 7) is 3.72. The van der Waals surface area contributed by atoms with Gasteiger partial charge in [-0.2, -0.15) is 0 Å². The van der Waals surface area contributed by atoms with E-state index >= 15 is 0 Å². The molecule has 0 saturated heterocycles. The normalized spacial score (nSPS) is 11.3. The maximum Gasteiger partial charge on any atom is 0.275 e. The van der Waals surface area contributed by atoms with Crippen molar-refractivity contribution in [1.82, 2.24) is 20.6 Å². The molecule has 2 aromatic rings. The van der Waals surface area contributed by atoms with Gasteiger partial charge in [-0.3, -0.25) is 24.5 Å². The number of nitrogens with zero attached hydrogens (tertiary/aromatic N) is 2. The molecule has 198 valence electrons. The Morgan fingerprint density at radius 1 is 0.892 bits per heavy atom. The van der Waals surface area contributed by atoms with Crippen molar-refractivity contribution in [2.75, 3.05) is 54.6 Å². The molecule has 10 heteroatoms. The lowest BCUT2D eigenvalue weighted by molar-refractivity contribution is -0.140. The van der Waals surface area contributed by atoms with Crippen LogP contribution in [0.15, 0.2) is 48.5 Å². The van der Waals surface area contributed by atoms with Crippen molar-refractivity contribution in [3.05, 3.63) is 70.8 Å². The number of hydrogen-bond acceptors (Lipinski definition) is 7. The van der Waals surface area contributed by atoms with Gasteiger partial charge in [0.25, 0.3) is 17.7 Å². The number of amides is 3. The lowest BCUT2D eigenvalue weighted by Crippen LogP contribution is -2.54. The Balaban J connectivity index is 2.06. The van der Waals surface area contributed by atoms with E-state index < -0.39 is 23.8 Å². The quantitative estimate of drug-likeness (QED) is 0.168. The molecule has 0 saturated carbocycles. The minimum atomic E-state index is -1.52. The smallest absolute Gasteiger partial charge is 0.275 e. The fraction of sp³-hybridized carbons (Fsp3) is 0.370. The monoisotopic (exact) mass is 510 g/mol. The van der Waals surface area contributed by atoms with Crippen molar-refractivity contribution < 1.29 is 29.1 Å². The van der Waals surface area contributed by atoms with Crippen molar-refractivity contribution in [3.8, 4) is 11.8 Å². The van der Waals surface area contributed by atoms with Gasteiger partial charge in [0, 0.05) is 64.6 Å². The van der Waals surface area contributed by atoms with E-state index in [4.69, 9.17) is 14.7 Å². The van der Waals surface area contributed by atoms with Gasteiger partial charge in [0.1, 0.15) is 0 Å². The Morgan fingerprint density at radius 3 is 1.86 bits per heavy atom. The molecule has 0 bridgehead atoms. The lowest BCUT2D eigenvalue weighted by Gasteiger charge is -2.25. The average molecular weight is 511 g/mol. The molecule has 0 radical (unpaired) electrons. The van der Waals surface area contributed by atoms with Gasteiger partial charge in [0.05, 0.1) is 13.2 Å². The second-order valence-corrected chi connectivity index (χ2v) is 8.19. The van der Waals surface area contributed by atoms with Crippen LogP contribution in [0, 0.1) is 11.8 Å². The number of benzene rings is 2. The molecule has 3 amide bonds. The molecule has 1 atom stereocenters. The topological polar surface area (TPSA) is 120 Å². The molecule has 0 heterocycles. The first-order chi connectivity index (χ1) is 17.8. The van der Waals surface area contributed by atoms with Crippen LogP contribution >= 0.6 is 0 Å². The van der Waals surface area contributed by atoms with Gasteiger partial charge in [-0.25, -0.2) is 5.48 Å². The molecule has 0 aliphatic heterocycles. The van der Waals surface area contributed by atoms with Crippen molar-refractivity contribution in [3.63, 3.8) is 0 Å². The van der Waals surface area contributed by atoms with Crippen molar-refractivity contribution in [2.45, 2.75) is 12.6 Å². The van der Waals surface area contributed by atoms with Crippen LogP contribution in [0.25, 0.3) is 0 Å². The maximum atomic E-state index is 12.8. The van der Waals surface area contributed by atoms with Crippen molar-refractivity contribution >= 4 is 17.7 Å². The molecule has 2 aromatic carbocycles. The molecule has 2 rings (SSSR count). The zero-order valence-electron chi connectivity index (χ0n) is 21.6. The van der Waals surface area contributed by atoms with Crippen LogP contribution in [-0.2, 0) is 25.6 Å². The van der Waals surface area contributed by atoms with Crippen molar-refractivity contribution in [1.29, 1.82) is 0 Å². The SMILES string of the molecule is CNC(=O)C(C(=O)NO)N(C)C(=O)c1ccc(C#Cc2ccc(CN(CCOC)CCOC)cc2)cc1. The van der Waals surface area contributed by atoms with Crippen LogP contribution in [-0.4, -0.2) is 93.4 Å². The standard InChI is InChI=1S/C27H34N4O6/c1-28-25(32)24(26(33)29-35)30(2)27(34)23-13-11-21(12-14-23)6-5-20-7-9-22(10-8-20)19-31(15-17-36-3)16-18-37-4/h7-14,24,35H,15-19H2,1-4H3,(H,28,32)(H,29,33). The number of ether oxygens (including phenoxy) is 2. The number of carbonyl (C=O) groups is 3. The number of nitrogens with one attached hydrogen (secondary N) is 2. The summed E-state index contributed by atoms with van der Waals surface area (Å²) in [7, 11) is 6.02. The lowest BCUT2D eigenvalue weighted by atomic mass is 10.1. The average Bonchev–Trinajstić information content (AvgIpc) is 2.93. The Kier molecular flexibility index (Phi) is 12.3. The second kappa shape index (κ2) is 15.4. The van der Waals surface area contributed by atoms with E-state index in [1.54, 1.807) is 38.5 Å². The summed E-state index contributed by atoms with van der Waals surface area (Å²) in [5.74, 6) is 3.88. The zero-order chi connectivity index (χ0) is 27.2. The number of hydrogen-bond donors (Lipinski definition) is 3. The van der Waals surface area contributed by atoms with Gasteiger partial charge >= 0.3 is 0 Å². The highest BCUT2D eigenvalue weighted by Gasteiger charge is 2.33. The molecular formula is C27H34N4O6. The number of hydroxylamine groups is 1. The Labute approximate surface area is 217 Å². The molecule has 1 unspecified atom stereocenters. The Hall–Kier alpha value is -3.75. The van der Waals surface area contributed by atoms with Crippen LogP contribution in [0.4, 0.5) is 0 Å². The first-order valence-electron chi connectivity index (χ1n) is 11.7. The third-order valence-corrected chi connectivity index (χ3v) is 5.63. The summed E-state index contributed by atoms with van der Waals surface area (Å²) in [5.41, 5.74) is 4.39. The highest BCUT2D eigenvalue weighted by atomic mass is 16.5. The fourth-order valence-corrected chi connectivity index (χ4v) is 3.49. The first kappa shape index (κ1) is 29.5. The molecule has 0 spiro atoms. The van der Waals surface area contributed by atoms with E-state index in [1.165, 1.54) is 19.6 Å². The summed E-state index contributed by atoms with van der Waals surface area (Å²) >= 11 is 0. The van der Waals surface area contributed by atoms with Gasteiger partial charge in [0.15, 0.2) is 6.04 Å². The predicted octanol–water partition coefficient (Wildman–Crippen LogP) is 0.873. The van der Waals surface area contributed by atoms with Gasteiger partial charge in [0.2, 0.25) is 0 Å². The maximum absolute atomic E-state index is 12.8. The highest BCUT2D eigenvalue weighted by molar-refractivity contribution is 6.08.